The van der Waals surface area contributed by atoms with E-state index in [1.807, 2.05) is 38.4 Å². The van der Waals surface area contributed by atoms with Crippen molar-refractivity contribution in [3.8, 4) is 0 Å². The molecule has 2 rings (SSSR count). The van der Waals surface area contributed by atoms with Crippen molar-refractivity contribution in [2.24, 2.45) is 0 Å². The second-order valence-electron chi connectivity index (χ2n) is 5.38. The van der Waals surface area contributed by atoms with E-state index in [1.165, 1.54) is 5.56 Å². The van der Waals surface area contributed by atoms with Crippen molar-refractivity contribution in [3.05, 3.63) is 57.8 Å². The highest BCUT2D eigenvalue weighted by Gasteiger charge is 2.16. The highest BCUT2D eigenvalue weighted by molar-refractivity contribution is 7.07. The average molecular weight is 318 g/mol. The first-order valence-electron chi connectivity index (χ1n) is 7.16. The van der Waals surface area contributed by atoms with Gasteiger partial charge in [-0.3, -0.25) is 4.79 Å². The summed E-state index contributed by atoms with van der Waals surface area (Å²) in [7, 11) is 5.70. The van der Waals surface area contributed by atoms with Gasteiger partial charge in [0.25, 0.3) is 5.91 Å². The number of methoxy groups -OCH3 is 1. The fourth-order valence-electron chi connectivity index (χ4n) is 2.27. The number of likely N-dealkylation sites (N-methyl/N-ethyl adjacent to an activating group) is 1. The SMILES string of the molecule is COCc1ccc(C(=O)NCC(c2ccsc2)N(C)C)cc1. The van der Waals surface area contributed by atoms with Crippen LogP contribution in [0.1, 0.15) is 27.5 Å². The molecule has 22 heavy (non-hydrogen) atoms. The molecule has 0 aliphatic rings. The molecule has 0 radical (unpaired) electrons. The Balaban J connectivity index is 1.96. The second kappa shape index (κ2) is 8.08. The number of nitrogens with one attached hydrogen (secondary N) is 1. The van der Waals surface area contributed by atoms with Gasteiger partial charge in [-0.25, -0.2) is 0 Å². The van der Waals surface area contributed by atoms with Crippen LogP contribution in [-0.4, -0.2) is 38.6 Å². The van der Waals surface area contributed by atoms with Crippen LogP contribution < -0.4 is 5.32 Å². The number of carbonyl (C=O) groups excluding carboxylic acids is 1. The van der Waals surface area contributed by atoms with Gasteiger partial charge in [0.2, 0.25) is 0 Å². The van der Waals surface area contributed by atoms with Crippen LogP contribution in [0.25, 0.3) is 0 Å². The normalized spacial score (nSPS) is 12.4. The van der Waals surface area contributed by atoms with Crippen LogP contribution in [0.3, 0.4) is 0 Å². The number of hydrogen-bond acceptors (Lipinski definition) is 4. The molecule has 0 bridgehead atoms. The standard InChI is InChI=1S/C17H22N2O2S/c1-19(2)16(15-8-9-22-12-15)10-18-17(20)14-6-4-13(5-7-14)11-21-3/h4-9,12,16H,10-11H2,1-3H3,(H,18,20). The average Bonchev–Trinajstić information content (AvgIpc) is 3.02. The summed E-state index contributed by atoms with van der Waals surface area (Å²) < 4.78 is 5.07. The molecular formula is C17H22N2O2S. The highest BCUT2D eigenvalue weighted by atomic mass is 32.1. The van der Waals surface area contributed by atoms with Gasteiger partial charge in [-0.1, -0.05) is 12.1 Å². The maximum atomic E-state index is 12.3. The third-order valence-electron chi connectivity index (χ3n) is 3.53. The van der Waals surface area contributed by atoms with Gasteiger partial charge in [0.05, 0.1) is 12.6 Å². The summed E-state index contributed by atoms with van der Waals surface area (Å²) in [5.74, 6) is -0.0500. The van der Waals surface area contributed by atoms with E-state index in [0.717, 1.165) is 5.56 Å². The quantitative estimate of drug-likeness (QED) is 0.853. The number of thiophene rings is 1. The molecule has 1 aromatic heterocycles. The molecule has 1 amide bonds. The van der Waals surface area contributed by atoms with Gasteiger partial charge >= 0.3 is 0 Å². The first-order valence-corrected chi connectivity index (χ1v) is 8.10. The Hall–Kier alpha value is -1.69. The molecule has 1 atom stereocenters. The molecule has 1 heterocycles. The highest BCUT2D eigenvalue weighted by Crippen LogP contribution is 2.20. The molecule has 1 N–H and O–H groups in total. The lowest BCUT2D eigenvalue weighted by molar-refractivity contribution is 0.0942. The zero-order valence-corrected chi connectivity index (χ0v) is 14.0. The Morgan fingerprint density at radius 2 is 2.00 bits per heavy atom. The van der Waals surface area contributed by atoms with E-state index < -0.39 is 0 Å². The number of amides is 1. The lowest BCUT2D eigenvalue weighted by Gasteiger charge is -2.24. The third kappa shape index (κ3) is 4.40. The van der Waals surface area contributed by atoms with E-state index in [0.29, 0.717) is 18.7 Å². The molecule has 0 spiro atoms. The molecular weight excluding hydrogens is 296 g/mol. The molecule has 0 saturated carbocycles. The molecule has 2 aromatic rings. The Labute approximate surface area is 135 Å². The lowest BCUT2D eigenvalue weighted by atomic mass is 10.1. The summed E-state index contributed by atoms with van der Waals surface area (Å²) in [5, 5.41) is 7.19. The van der Waals surface area contributed by atoms with Crippen molar-refractivity contribution >= 4 is 17.2 Å². The van der Waals surface area contributed by atoms with E-state index in [2.05, 4.69) is 27.0 Å². The van der Waals surface area contributed by atoms with Gasteiger partial charge < -0.3 is 15.0 Å². The van der Waals surface area contributed by atoms with Crippen molar-refractivity contribution in [2.45, 2.75) is 12.6 Å². The molecule has 0 aliphatic carbocycles. The number of benzene rings is 1. The molecule has 0 aliphatic heterocycles. The first kappa shape index (κ1) is 16.7. The van der Waals surface area contributed by atoms with Crippen LogP contribution in [0, 0.1) is 0 Å². The number of hydrogen-bond donors (Lipinski definition) is 1. The van der Waals surface area contributed by atoms with E-state index in [9.17, 15) is 4.79 Å². The Kier molecular flexibility index (Phi) is 6.12. The lowest BCUT2D eigenvalue weighted by Crippen LogP contribution is -2.34. The van der Waals surface area contributed by atoms with Crippen LogP contribution in [0.5, 0.6) is 0 Å². The largest absolute Gasteiger partial charge is 0.380 e. The summed E-state index contributed by atoms with van der Waals surface area (Å²) in [6, 6.07) is 9.78. The minimum absolute atomic E-state index is 0.0500. The van der Waals surface area contributed by atoms with Crippen molar-refractivity contribution in [1.82, 2.24) is 10.2 Å². The predicted octanol–water partition coefficient (Wildman–Crippen LogP) is 2.93. The van der Waals surface area contributed by atoms with Crippen LogP contribution in [0.4, 0.5) is 0 Å². The van der Waals surface area contributed by atoms with Crippen LogP contribution in [0.15, 0.2) is 41.1 Å². The Morgan fingerprint density at radius 1 is 1.27 bits per heavy atom. The zero-order chi connectivity index (χ0) is 15.9. The van der Waals surface area contributed by atoms with E-state index in [4.69, 9.17) is 4.74 Å². The van der Waals surface area contributed by atoms with E-state index in [-0.39, 0.29) is 11.9 Å². The minimum Gasteiger partial charge on any atom is -0.380 e. The van der Waals surface area contributed by atoms with Gasteiger partial charge in [-0.2, -0.15) is 11.3 Å². The van der Waals surface area contributed by atoms with E-state index >= 15 is 0 Å². The van der Waals surface area contributed by atoms with Crippen molar-refractivity contribution in [3.63, 3.8) is 0 Å². The molecule has 0 fully saturated rings. The summed E-state index contributed by atoms with van der Waals surface area (Å²) in [6.07, 6.45) is 0. The van der Waals surface area contributed by atoms with Crippen LogP contribution in [-0.2, 0) is 11.3 Å². The monoisotopic (exact) mass is 318 g/mol. The number of ether oxygens (including phenoxy) is 1. The summed E-state index contributed by atoms with van der Waals surface area (Å²) >= 11 is 1.67. The van der Waals surface area contributed by atoms with Crippen molar-refractivity contribution in [2.75, 3.05) is 27.7 Å². The van der Waals surface area contributed by atoms with Gasteiger partial charge in [-0.15, -0.1) is 0 Å². The van der Waals surface area contributed by atoms with Crippen LogP contribution in [0.2, 0.25) is 0 Å². The minimum atomic E-state index is -0.0500. The predicted molar refractivity (Wildman–Crippen MR) is 90.2 cm³/mol. The summed E-state index contributed by atoms with van der Waals surface area (Å²) in [6.45, 7) is 1.14. The maximum Gasteiger partial charge on any atom is 0.251 e. The van der Waals surface area contributed by atoms with Gasteiger partial charge in [0.1, 0.15) is 0 Å². The zero-order valence-electron chi connectivity index (χ0n) is 13.2. The third-order valence-corrected chi connectivity index (χ3v) is 4.24. The van der Waals surface area contributed by atoms with Gasteiger partial charge in [-0.05, 0) is 54.2 Å². The van der Waals surface area contributed by atoms with Crippen molar-refractivity contribution in [1.29, 1.82) is 0 Å². The summed E-state index contributed by atoms with van der Waals surface area (Å²) in [4.78, 5) is 14.4. The second-order valence-corrected chi connectivity index (χ2v) is 6.16. The van der Waals surface area contributed by atoms with Crippen molar-refractivity contribution < 1.29 is 9.53 Å². The maximum absolute atomic E-state index is 12.3. The fourth-order valence-corrected chi connectivity index (χ4v) is 2.98. The fraction of sp³-hybridized carbons (Fsp3) is 0.353. The molecule has 1 unspecified atom stereocenters. The topological polar surface area (TPSA) is 41.6 Å². The Bertz CT molecular complexity index is 579. The number of nitrogens with zero attached hydrogens (tertiary/aromatic N) is 1. The smallest absolute Gasteiger partial charge is 0.251 e. The summed E-state index contributed by atoms with van der Waals surface area (Å²) in [5.41, 5.74) is 2.96. The van der Waals surface area contributed by atoms with Gasteiger partial charge in [0, 0.05) is 19.2 Å². The van der Waals surface area contributed by atoms with Crippen LogP contribution >= 0.6 is 11.3 Å². The molecule has 5 heteroatoms. The number of rotatable bonds is 7. The molecule has 4 nitrogen and oxygen atoms in total. The Morgan fingerprint density at radius 3 is 2.55 bits per heavy atom. The van der Waals surface area contributed by atoms with E-state index in [1.54, 1.807) is 18.4 Å². The molecule has 1 aromatic carbocycles. The molecule has 118 valence electrons. The molecule has 0 saturated heterocycles. The number of carbonyl (C=O) groups is 1. The first-order chi connectivity index (χ1) is 10.6. The van der Waals surface area contributed by atoms with Gasteiger partial charge in [0.15, 0.2) is 0 Å².